The molecule has 3 fully saturated rings. The second-order valence-corrected chi connectivity index (χ2v) is 8.96. The molecule has 0 saturated carbocycles. The van der Waals surface area contributed by atoms with Crippen LogP contribution < -0.4 is 4.74 Å². The molecule has 27 heavy (non-hydrogen) atoms. The SMILES string of the molecule is CC1(C)O[C@H]2[C@@H](O1)[C@@H](COc1nc3ccccc3s1)O[C@@H]1OC(C)(C)O[C@@H]12. The number of fused-ring (bicyclic) bond motifs is 4. The molecule has 146 valence electrons. The summed E-state index contributed by atoms with van der Waals surface area (Å²) in [5.41, 5.74) is 0.927. The number of ether oxygens (including phenoxy) is 6. The van der Waals surface area contributed by atoms with Crippen LogP contribution in [0.15, 0.2) is 24.3 Å². The van der Waals surface area contributed by atoms with Gasteiger partial charge >= 0.3 is 0 Å². The normalized spacial score (nSPS) is 36.5. The zero-order valence-corrected chi connectivity index (χ0v) is 16.5. The van der Waals surface area contributed by atoms with Gasteiger partial charge in [-0.2, -0.15) is 0 Å². The Kier molecular flexibility index (Phi) is 4.02. The average molecular weight is 393 g/mol. The summed E-state index contributed by atoms with van der Waals surface area (Å²) >= 11 is 1.51. The van der Waals surface area contributed by atoms with Gasteiger partial charge in [-0.05, 0) is 39.8 Å². The maximum atomic E-state index is 6.15. The Bertz CT molecular complexity index is 819. The van der Waals surface area contributed by atoms with Crippen LogP contribution in [0.2, 0.25) is 0 Å². The summed E-state index contributed by atoms with van der Waals surface area (Å²) in [4.78, 5) is 4.51. The summed E-state index contributed by atoms with van der Waals surface area (Å²) < 4.78 is 37.3. The highest BCUT2D eigenvalue weighted by atomic mass is 32.1. The van der Waals surface area contributed by atoms with Gasteiger partial charge in [0.15, 0.2) is 17.9 Å². The molecule has 8 heteroatoms. The highest BCUT2D eigenvalue weighted by Gasteiger charge is 2.60. The molecule has 2 aromatic rings. The Morgan fingerprint density at radius 3 is 2.48 bits per heavy atom. The van der Waals surface area contributed by atoms with Gasteiger partial charge in [-0.15, -0.1) is 0 Å². The van der Waals surface area contributed by atoms with Gasteiger partial charge in [-0.25, -0.2) is 4.98 Å². The van der Waals surface area contributed by atoms with E-state index in [1.54, 1.807) is 0 Å². The third-order valence-electron chi connectivity index (χ3n) is 4.90. The molecule has 5 atom stereocenters. The third-order valence-corrected chi connectivity index (χ3v) is 5.85. The Hall–Kier alpha value is -1.29. The lowest BCUT2D eigenvalue weighted by molar-refractivity contribution is -0.238. The second-order valence-electron chi connectivity index (χ2n) is 7.97. The number of benzene rings is 1. The van der Waals surface area contributed by atoms with Gasteiger partial charge in [-0.3, -0.25) is 0 Å². The summed E-state index contributed by atoms with van der Waals surface area (Å²) in [7, 11) is 0. The maximum Gasteiger partial charge on any atom is 0.274 e. The molecular formula is C19H23NO6S. The molecule has 0 aliphatic carbocycles. The molecule has 4 heterocycles. The van der Waals surface area contributed by atoms with Crippen LogP contribution in [0, 0.1) is 0 Å². The lowest BCUT2D eigenvalue weighted by atomic mass is 9.99. The number of para-hydroxylation sites is 1. The van der Waals surface area contributed by atoms with Gasteiger partial charge in [-0.1, -0.05) is 23.5 Å². The molecule has 0 bridgehead atoms. The molecule has 0 amide bonds. The van der Waals surface area contributed by atoms with E-state index < -0.39 is 17.9 Å². The smallest absolute Gasteiger partial charge is 0.274 e. The largest absolute Gasteiger partial charge is 0.467 e. The summed E-state index contributed by atoms with van der Waals surface area (Å²) in [6.07, 6.45) is -1.76. The topological polar surface area (TPSA) is 68.3 Å². The van der Waals surface area contributed by atoms with E-state index in [4.69, 9.17) is 28.4 Å². The minimum atomic E-state index is -0.723. The summed E-state index contributed by atoms with van der Waals surface area (Å²) in [6.45, 7) is 7.83. The van der Waals surface area contributed by atoms with Crippen LogP contribution in [0.5, 0.6) is 5.19 Å². The minimum Gasteiger partial charge on any atom is -0.467 e. The van der Waals surface area contributed by atoms with Crippen molar-refractivity contribution in [1.82, 2.24) is 4.98 Å². The van der Waals surface area contributed by atoms with Gasteiger partial charge in [0, 0.05) is 0 Å². The molecule has 7 nitrogen and oxygen atoms in total. The fourth-order valence-electron chi connectivity index (χ4n) is 3.89. The van der Waals surface area contributed by atoms with E-state index in [9.17, 15) is 0 Å². The van der Waals surface area contributed by atoms with Crippen molar-refractivity contribution in [3.8, 4) is 5.19 Å². The summed E-state index contributed by atoms with van der Waals surface area (Å²) in [5.74, 6) is -1.43. The van der Waals surface area contributed by atoms with Crippen LogP contribution in [0.4, 0.5) is 0 Å². The van der Waals surface area contributed by atoms with Crippen LogP contribution in [-0.2, 0) is 23.7 Å². The first-order valence-corrected chi connectivity index (χ1v) is 9.96. The van der Waals surface area contributed by atoms with Gasteiger partial charge in [0.05, 0.1) is 10.2 Å². The predicted octanol–water partition coefficient (Wildman–Crippen LogP) is 3.07. The molecule has 0 unspecified atom stereocenters. The number of rotatable bonds is 3. The van der Waals surface area contributed by atoms with E-state index in [1.807, 2.05) is 52.0 Å². The third kappa shape index (κ3) is 3.24. The monoisotopic (exact) mass is 393 g/mol. The van der Waals surface area contributed by atoms with Crippen LogP contribution >= 0.6 is 11.3 Å². The first-order valence-electron chi connectivity index (χ1n) is 9.15. The van der Waals surface area contributed by atoms with Gasteiger partial charge in [0.25, 0.3) is 5.19 Å². The second kappa shape index (κ2) is 6.10. The fourth-order valence-corrected chi connectivity index (χ4v) is 4.72. The van der Waals surface area contributed by atoms with Crippen molar-refractivity contribution in [1.29, 1.82) is 0 Å². The van der Waals surface area contributed by atoms with E-state index in [1.165, 1.54) is 11.3 Å². The van der Waals surface area contributed by atoms with Gasteiger partial charge < -0.3 is 28.4 Å². The summed E-state index contributed by atoms with van der Waals surface area (Å²) in [5, 5.41) is 0.612. The fraction of sp³-hybridized carbons (Fsp3) is 0.632. The molecule has 0 spiro atoms. The van der Waals surface area contributed by atoms with Crippen molar-refractivity contribution < 1.29 is 28.4 Å². The summed E-state index contributed by atoms with van der Waals surface area (Å²) in [6, 6.07) is 7.95. The van der Waals surface area contributed by atoms with Crippen molar-refractivity contribution in [3.05, 3.63) is 24.3 Å². The number of aromatic nitrogens is 1. The van der Waals surface area contributed by atoms with Crippen LogP contribution in [-0.4, -0.2) is 53.9 Å². The molecular weight excluding hydrogens is 370 g/mol. The molecule has 3 aliphatic heterocycles. The van der Waals surface area contributed by atoms with E-state index in [-0.39, 0.29) is 24.4 Å². The molecule has 1 aromatic heterocycles. The Balaban J connectivity index is 1.35. The highest BCUT2D eigenvalue weighted by Crippen LogP contribution is 2.44. The number of nitrogens with zero attached hydrogens (tertiary/aromatic N) is 1. The standard InChI is InChI=1S/C19H23NO6S/c1-18(2)23-13-11(9-21-17-20-10-7-5-6-8-12(10)27-17)22-16-15(14(13)24-18)25-19(3,4)26-16/h5-8,11,13-16H,9H2,1-4H3/t11-,13+,14+,15-,16-/m1/s1. The van der Waals surface area contributed by atoms with Crippen LogP contribution in [0.1, 0.15) is 27.7 Å². The van der Waals surface area contributed by atoms with Crippen molar-refractivity contribution in [3.63, 3.8) is 0 Å². The highest BCUT2D eigenvalue weighted by molar-refractivity contribution is 7.20. The van der Waals surface area contributed by atoms with Crippen LogP contribution in [0.3, 0.4) is 0 Å². The molecule has 5 rings (SSSR count). The maximum absolute atomic E-state index is 6.15. The quantitative estimate of drug-likeness (QED) is 0.794. The van der Waals surface area contributed by atoms with E-state index in [0.29, 0.717) is 11.8 Å². The molecule has 3 saturated heterocycles. The Morgan fingerprint density at radius 1 is 0.963 bits per heavy atom. The first kappa shape index (κ1) is 17.8. The predicted molar refractivity (Wildman–Crippen MR) is 97.6 cm³/mol. The van der Waals surface area contributed by atoms with Crippen molar-refractivity contribution in [2.75, 3.05) is 6.61 Å². The zero-order chi connectivity index (χ0) is 18.8. The van der Waals surface area contributed by atoms with Gasteiger partial charge in [0.2, 0.25) is 0 Å². The van der Waals surface area contributed by atoms with Crippen molar-refractivity contribution in [2.45, 2.75) is 70.0 Å². The van der Waals surface area contributed by atoms with E-state index in [2.05, 4.69) is 4.98 Å². The molecule has 3 aliphatic rings. The lowest BCUT2D eigenvalue weighted by Gasteiger charge is -2.36. The van der Waals surface area contributed by atoms with E-state index in [0.717, 1.165) is 10.2 Å². The zero-order valence-electron chi connectivity index (χ0n) is 15.7. The first-order chi connectivity index (χ1) is 12.8. The Morgan fingerprint density at radius 2 is 1.67 bits per heavy atom. The number of hydrogen-bond acceptors (Lipinski definition) is 8. The molecule has 0 N–H and O–H groups in total. The lowest BCUT2D eigenvalue weighted by Crippen LogP contribution is -2.56. The molecule has 0 radical (unpaired) electrons. The van der Waals surface area contributed by atoms with E-state index >= 15 is 0 Å². The van der Waals surface area contributed by atoms with Crippen LogP contribution in [0.25, 0.3) is 10.2 Å². The number of hydrogen-bond donors (Lipinski definition) is 0. The molecule has 1 aromatic carbocycles. The number of thiazole rings is 1. The minimum absolute atomic E-state index is 0.274. The average Bonchev–Trinajstić information content (AvgIpc) is 3.23. The van der Waals surface area contributed by atoms with Crippen molar-refractivity contribution >= 4 is 21.6 Å². The Labute approximate surface area is 161 Å². The van der Waals surface area contributed by atoms with Crippen molar-refractivity contribution in [2.24, 2.45) is 0 Å². The van der Waals surface area contributed by atoms with Gasteiger partial charge in [0.1, 0.15) is 31.0 Å².